The Labute approximate surface area is 86.6 Å². The van der Waals surface area contributed by atoms with Gasteiger partial charge >= 0.3 is 0 Å². The molecule has 1 aromatic heterocycles. The van der Waals surface area contributed by atoms with Crippen LogP contribution in [0, 0.1) is 11.3 Å². The van der Waals surface area contributed by atoms with Crippen molar-refractivity contribution in [2.45, 2.75) is 19.3 Å². The van der Waals surface area contributed by atoms with Crippen LogP contribution in [0.5, 0.6) is 0 Å². The molecule has 0 unspecified atom stereocenters. The summed E-state index contributed by atoms with van der Waals surface area (Å²) < 4.78 is 1.34. The van der Waals surface area contributed by atoms with Gasteiger partial charge in [0.15, 0.2) is 0 Å². The summed E-state index contributed by atoms with van der Waals surface area (Å²) >= 11 is 1.77. The molecule has 1 aliphatic rings. The van der Waals surface area contributed by atoms with E-state index in [-0.39, 0.29) is 0 Å². The van der Waals surface area contributed by atoms with Crippen molar-refractivity contribution in [1.29, 1.82) is 5.26 Å². The van der Waals surface area contributed by atoms with E-state index in [1.54, 1.807) is 11.3 Å². The molecule has 1 heterocycles. The maximum atomic E-state index is 9.04. The summed E-state index contributed by atoms with van der Waals surface area (Å²) in [5.41, 5.74) is 3.74. The van der Waals surface area contributed by atoms with E-state index in [0.29, 0.717) is 0 Å². The minimum absolute atomic E-state index is 0.849. The van der Waals surface area contributed by atoms with Crippen molar-refractivity contribution in [2.24, 2.45) is 0 Å². The predicted molar refractivity (Wildman–Crippen MR) is 58.6 cm³/mol. The van der Waals surface area contributed by atoms with Crippen LogP contribution in [0.1, 0.15) is 23.1 Å². The Hall–Kier alpha value is -1.33. The molecule has 0 saturated heterocycles. The van der Waals surface area contributed by atoms with E-state index in [0.717, 1.165) is 17.4 Å². The number of rotatable bonds is 0. The molecular formula is C12H9NS. The minimum atomic E-state index is 0.849. The maximum Gasteiger partial charge on any atom is 0.0998 e. The number of thiophene rings is 1. The Morgan fingerprint density at radius 1 is 1.36 bits per heavy atom. The third-order valence-electron chi connectivity index (χ3n) is 2.93. The molecular weight excluding hydrogens is 190 g/mol. The van der Waals surface area contributed by atoms with E-state index < -0.39 is 0 Å². The van der Waals surface area contributed by atoms with Gasteiger partial charge in [0, 0.05) is 10.1 Å². The zero-order valence-corrected chi connectivity index (χ0v) is 8.53. The second kappa shape index (κ2) is 2.83. The van der Waals surface area contributed by atoms with Crippen LogP contribution in [0.3, 0.4) is 0 Å². The summed E-state index contributed by atoms with van der Waals surface area (Å²) in [5.74, 6) is 0. The molecule has 0 aliphatic heterocycles. The highest BCUT2D eigenvalue weighted by Crippen LogP contribution is 2.35. The van der Waals surface area contributed by atoms with Gasteiger partial charge in [0.25, 0.3) is 0 Å². The SMILES string of the molecule is N#Cc1cc2c(c3sccc13)CCC2. The van der Waals surface area contributed by atoms with Crippen molar-refractivity contribution in [3.05, 3.63) is 34.2 Å². The van der Waals surface area contributed by atoms with Crippen molar-refractivity contribution >= 4 is 21.4 Å². The summed E-state index contributed by atoms with van der Waals surface area (Å²) in [6.45, 7) is 0. The third-order valence-corrected chi connectivity index (χ3v) is 3.90. The fourth-order valence-corrected chi connectivity index (χ4v) is 3.31. The normalized spacial score (nSPS) is 14.2. The number of nitriles is 1. The molecule has 0 radical (unpaired) electrons. The quantitative estimate of drug-likeness (QED) is 0.639. The summed E-state index contributed by atoms with van der Waals surface area (Å²) in [6.07, 6.45) is 3.59. The molecule has 0 spiro atoms. The molecule has 0 amide bonds. The molecule has 0 N–H and O–H groups in total. The van der Waals surface area contributed by atoms with E-state index in [4.69, 9.17) is 5.26 Å². The van der Waals surface area contributed by atoms with Gasteiger partial charge in [0.05, 0.1) is 11.6 Å². The Bertz CT molecular complexity index is 545. The van der Waals surface area contributed by atoms with Crippen LogP contribution >= 0.6 is 11.3 Å². The van der Waals surface area contributed by atoms with Crippen molar-refractivity contribution in [1.82, 2.24) is 0 Å². The smallest absolute Gasteiger partial charge is 0.0998 e. The van der Waals surface area contributed by atoms with Gasteiger partial charge in [0.2, 0.25) is 0 Å². The average molecular weight is 199 g/mol. The van der Waals surface area contributed by atoms with Gasteiger partial charge in [-0.25, -0.2) is 0 Å². The Balaban J connectivity index is 2.48. The molecule has 0 atom stereocenters. The van der Waals surface area contributed by atoms with E-state index in [9.17, 15) is 0 Å². The Kier molecular flexibility index (Phi) is 1.62. The summed E-state index contributed by atoms with van der Waals surface area (Å²) in [6, 6.07) is 6.44. The molecule has 68 valence electrons. The van der Waals surface area contributed by atoms with Gasteiger partial charge in [-0.15, -0.1) is 11.3 Å². The summed E-state index contributed by atoms with van der Waals surface area (Å²) in [7, 11) is 0. The Morgan fingerprint density at radius 3 is 3.14 bits per heavy atom. The van der Waals surface area contributed by atoms with E-state index in [1.807, 2.05) is 0 Å². The highest BCUT2D eigenvalue weighted by atomic mass is 32.1. The summed E-state index contributed by atoms with van der Waals surface area (Å²) in [4.78, 5) is 0. The first-order valence-electron chi connectivity index (χ1n) is 4.82. The first kappa shape index (κ1) is 8.02. The summed E-state index contributed by atoms with van der Waals surface area (Å²) in [5, 5.41) is 12.3. The number of hydrogen-bond acceptors (Lipinski definition) is 2. The molecule has 1 aliphatic carbocycles. The van der Waals surface area contributed by atoms with E-state index >= 15 is 0 Å². The van der Waals surface area contributed by atoms with Gasteiger partial charge in [-0.3, -0.25) is 0 Å². The highest BCUT2D eigenvalue weighted by molar-refractivity contribution is 7.17. The van der Waals surface area contributed by atoms with Crippen LogP contribution in [0.25, 0.3) is 10.1 Å². The molecule has 3 rings (SSSR count). The van der Waals surface area contributed by atoms with E-state index in [1.165, 1.54) is 28.7 Å². The zero-order valence-electron chi connectivity index (χ0n) is 7.71. The van der Waals surface area contributed by atoms with Crippen LogP contribution in [0.15, 0.2) is 17.5 Å². The van der Waals surface area contributed by atoms with Crippen molar-refractivity contribution in [3.63, 3.8) is 0 Å². The molecule has 1 nitrogen and oxygen atoms in total. The number of nitrogens with zero attached hydrogens (tertiary/aromatic N) is 1. The number of fused-ring (bicyclic) bond motifs is 3. The second-order valence-electron chi connectivity index (χ2n) is 3.69. The van der Waals surface area contributed by atoms with Gasteiger partial charge in [-0.2, -0.15) is 5.26 Å². The van der Waals surface area contributed by atoms with Crippen LogP contribution in [0.2, 0.25) is 0 Å². The number of hydrogen-bond donors (Lipinski definition) is 0. The van der Waals surface area contributed by atoms with Gasteiger partial charge in [-0.05, 0) is 47.9 Å². The van der Waals surface area contributed by atoms with Gasteiger partial charge in [-0.1, -0.05) is 0 Å². The average Bonchev–Trinajstić information content (AvgIpc) is 2.83. The molecule has 0 fully saturated rings. The predicted octanol–water partition coefficient (Wildman–Crippen LogP) is 3.26. The van der Waals surface area contributed by atoms with Crippen molar-refractivity contribution in [2.75, 3.05) is 0 Å². The molecule has 1 aromatic carbocycles. The lowest BCUT2D eigenvalue weighted by molar-refractivity contribution is 0.914. The lowest BCUT2D eigenvalue weighted by Crippen LogP contribution is -1.85. The highest BCUT2D eigenvalue weighted by Gasteiger charge is 2.17. The molecule has 0 bridgehead atoms. The fraction of sp³-hybridized carbons (Fsp3) is 0.250. The number of aryl methyl sites for hydroxylation is 2. The van der Waals surface area contributed by atoms with Crippen molar-refractivity contribution in [3.8, 4) is 6.07 Å². The number of benzene rings is 1. The Morgan fingerprint density at radius 2 is 2.29 bits per heavy atom. The monoisotopic (exact) mass is 199 g/mol. The third kappa shape index (κ3) is 0.935. The second-order valence-corrected chi connectivity index (χ2v) is 4.61. The lowest BCUT2D eigenvalue weighted by atomic mass is 10.0. The van der Waals surface area contributed by atoms with Crippen LogP contribution in [-0.2, 0) is 12.8 Å². The minimum Gasteiger partial charge on any atom is -0.192 e. The van der Waals surface area contributed by atoms with Crippen LogP contribution in [0.4, 0.5) is 0 Å². The lowest BCUT2D eigenvalue weighted by Gasteiger charge is -2.02. The molecule has 2 heteroatoms. The maximum absolute atomic E-state index is 9.04. The zero-order chi connectivity index (χ0) is 9.54. The van der Waals surface area contributed by atoms with Gasteiger partial charge in [0.1, 0.15) is 0 Å². The fourth-order valence-electron chi connectivity index (χ4n) is 2.29. The first-order chi connectivity index (χ1) is 6.90. The molecule has 2 aromatic rings. The van der Waals surface area contributed by atoms with E-state index in [2.05, 4.69) is 23.6 Å². The van der Waals surface area contributed by atoms with Gasteiger partial charge < -0.3 is 0 Å². The topological polar surface area (TPSA) is 23.8 Å². The largest absolute Gasteiger partial charge is 0.192 e. The standard InChI is InChI=1S/C12H9NS/c13-7-9-6-8-2-1-3-10(8)12-11(9)4-5-14-12/h4-6H,1-3H2. The molecule has 0 saturated carbocycles. The van der Waals surface area contributed by atoms with Crippen LogP contribution < -0.4 is 0 Å². The molecule has 14 heavy (non-hydrogen) atoms. The van der Waals surface area contributed by atoms with Crippen LogP contribution in [-0.4, -0.2) is 0 Å². The van der Waals surface area contributed by atoms with Crippen molar-refractivity contribution < 1.29 is 0 Å². The first-order valence-corrected chi connectivity index (χ1v) is 5.70.